The first-order valence-electron chi connectivity index (χ1n) is 9.74. The summed E-state index contributed by atoms with van der Waals surface area (Å²) in [6.45, 7) is 12.1. The zero-order chi connectivity index (χ0) is 20.5. The molecule has 0 radical (unpaired) electrons. The standard InChI is InChI=1S/C23H28FN3O/c1-6-27-21-11-15(2)18(12-20(21)16(3)13-23(27,4)5)14-25-26-22(28)17-7-9-19(24)10-8-17/h7-12,14,16H,6,13H2,1-5H3,(H,26,28)/b25-14-/t16-/m0/s1. The van der Waals surface area contributed by atoms with Gasteiger partial charge in [-0.15, -0.1) is 0 Å². The van der Waals surface area contributed by atoms with Gasteiger partial charge in [0.25, 0.3) is 5.91 Å². The fourth-order valence-corrected chi connectivity index (χ4v) is 4.21. The second-order valence-corrected chi connectivity index (χ2v) is 8.14. The first-order valence-corrected chi connectivity index (χ1v) is 9.74. The SMILES string of the molecule is CCN1c2cc(C)c(/C=N\NC(=O)c3ccc(F)cc3)cc2[C@@H](C)CC1(C)C. The highest BCUT2D eigenvalue weighted by Gasteiger charge is 2.35. The Kier molecular flexibility index (Phi) is 5.54. The maximum atomic E-state index is 13.0. The molecule has 0 spiro atoms. The zero-order valence-electron chi connectivity index (χ0n) is 17.2. The lowest BCUT2D eigenvalue weighted by Crippen LogP contribution is -2.48. The van der Waals surface area contributed by atoms with Gasteiger partial charge in [0.1, 0.15) is 5.82 Å². The van der Waals surface area contributed by atoms with Crippen LogP contribution in [0.2, 0.25) is 0 Å². The van der Waals surface area contributed by atoms with Gasteiger partial charge < -0.3 is 4.90 Å². The molecule has 0 aliphatic carbocycles. The number of halogens is 1. The fourth-order valence-electron chi connectivity index (χ4n) is 4.21. The van der Waals surface area contributed by atoms with Gasteiger partial charge >= 0.3 is 0 Å². The van der Waals surface area contributed by atoms with E-state index in [4.69, 9.17) is 0 Å². The van der Waals surface area contributed by atoms with Crippen LogP contribution in [0.3, 0.4) is 0 Å². The van der Waals surface area contributed by atoms with Gasteiger partial charge in [-0.25, -0.2) is 9.82 Å². The minimum atomic E-state index is -0.372. The number of nitrogens with zero attached hydrogens (tertiary/aromatic N) is 2. The van der Waals surface area contributed by atoms with Gasteiger partial charge in [-0.2, -0.15) is 5.10 Å². The molecule has 5 heteroatoms. The van der Waals surface area contributed by atoms with E-state index in [1.165, 1.54) is 35.5 Å². The topological polar surface area (TPSA) is 44.7 Å². The molecule has 0 saturated carbocycles. The van der Waals surface area contributed by atoms with Crippen molar-refractivity contribution in [2.45, 2.75) is 52.5 Å². The molecule has 2 aromatic rings. The molecule has 1 aliphatic rings. The molecule has 1 heterocycles. The van der Waals surface area contributed by atoms with Crippen LogP contribution < -0.4 is 10.3 Å². The second-order valence-electron chi connectivity index (χ2n) is 8.14. The van der Waals surface area contributed by atoms with E-state index in [2.05, 4.69) is 62.2 Å². The third-order valence-electron chi connectivity index (χ3n) is 5.57. The Bertz CT molecular complexity index is 903. The van der Waals surface area contributed by atoms with Gasteiger partial charge in [-0.1, -0.05) is 6.92 Å². The number of fused-ring (bicyclic) bond motifs is 1. The van der Waals surface area contributed by atoms with E-state index in [1.54, 1.807) is 6.21 Å². The summed E-state index contributed by atoms with van der Waals surface area (Å²) in [5, 5.41) is 4.11. The van der Waals surface area contributed by atoms with Crippen molar-refractivity contribution >= 4 is 17.8 Å². The van der Waals surface area contributed by atoms with Gasteiger partial charge in [-0.3, -0.25) is 4.79 Å². The van der Waals surface area contributed by atoms with E-state index in [0.29, 0.717) is 11.5 Å². The third kappa shape index (κ3) is 3.93. The van der Waals surface area contributed by atoms with Crippen molar-refractivity contribution in [1.82, 2.24) is 5.43 Å². The Morgan fingerprint density at radius 2 is 2.00 bits per heavy atom. The average molecular weight is 381 g/mol. The minimum Gasteiger partial charge on any atom is -0.366 e. The van der Waals surface area contributed by atoms with Crippen molar-refractivity contribution in [1.29, 1.82) is 0 Å². The van der Waals surface area contributed by atoms with E-state index in [9.17, 15) is 9.18 Å². The number of rotatable bonds is 4. The number of anilines is 1. The molecule has 0 saturated heterocycles. The summed E-state index contributed by atoms with van der Waals surface area (Å²) in [5.74, 6) is -0.281. The Morgan fingerprint density at radius 3 is 2.64 bits per heavy atom. The quantitative estimate of drug-likeness (QED) is 0.598. The molecule has 1 atom stereocenters. The summed E-state index contributed by atoms with van der Waals surface area (Å²) in [6, 6.07) is 9.80. The first kappa shape index (κ1) is 20.1. The van der Waals surface area contributed by atoms with E-state index in [1.807, 2.05) is 0 Å². The average Bonchev–Trinajstić information content (AvgIpc) is 2.62. The zero-order valence-corrected chi connectivity index (χ0v) is 17.2. The van der Waals surface area contributed by atoms with Gasteiger partial charge in [0.05, 0.1) is 6.21 Å². The number of benzene rings is 2. The van der Waals surface area contributed by atoms with E-state index in [0.717, 1.165) is 24.1 Å². The number of nitrogens with one attached hydrogen (secondary N) is 1. The lowest BCUT2D eigenvalue weighted by molar-refractivity contribution is 0.0955. The Balaban J connectivity index is 1.82. The smallest absolute Gasteiger partial charge is 0.271 e. The molecule has 0 fully saturated rings. The molecule has 1 N–H and O–H groups in total. The molecule has 0 aromatic heterocycles. The lowest BCUT2D eigenvalue weighted by Gasteiger charge is -2.47. The first-order chi connectivity index (χ1) is 13.2. The number of aryl methyl sites for hydroxylation is 1. The summed E-state index contributed by atoms with van der Waals surface area (Å²) >= 11 is 0. The normalized spacial score (nSPS) is 18.2. The van der Waals surface area contributed by atoms with Gasteiger partial charge in [0, 0.05) is 23.3 Å². The number of hydrazone groups is 1. The van der Waals surface area contributed by atoms with Crippen LogP contribution in [0.4, 0.5) is 10.1 Å². The van der Waals surface area contributed by atoms with Crippen LogP contribution in [-0.2, 0) is 0 Å². The van der Waals surface area contributed by atoms with Crippen LogP contribution in [-0.4, -0.2) is 24.2 Å². The highest BCUT2D eigenvalue weighted by Crippen LogP contribution is 2.43. The van der Waals surface area contributed by atoms with Crippen LogP contribution in [0.5, 0.6) is 0 Å². The van der Waals surface area contributed by atoms with Crippen molar-refractivity contribution in [3.05, 3.63) is 64.5 Å². The predicted molar refractivity (Wildman–Crippen MR) is 113 cm³/mol. The van der Waals surface area contributed by atoms with Crippen LogP contribution in [0.15, 0.2) is 41.5 Å². The molecule has 148 valence electrons. The number of hydrogen-bond acceptors (Lipinski definition) is 3. The van der Waals surface area contributed by atoms with Crippen molar-refractivity contribution in [2.75, 3.05) is 11.4 Å². The second kappa shape index (κ2) is 7.74. The van der Waals surface area contributed by atoms with Gasteiger partial charge in [0.2, 0.25) is 0 Å². The highest BCUT2D eigenvalue weighted by atomic mass is 19.1. The molecule has 1 amide bonds. The summed E-state index contributed by atoms with van der Waals surface area (Å²) in [6.07, 6.45) is 2.77. The molecule has 2 aromatic carbocycles. The van der Waals surface area contributed by atoms with E-state index >= 15 is 0 Å². The molecular weight excluding hydrogens is 353 g/mol. The van der Waals surface area contributed by atoms with Crippen molar-refractivity contribution < 1.29 is 9.18 Å². The van der Waals surface area contributed by atoms with E-state index in [-0.39, 0.29) is 17.3 Å². The van der Waals surface area contributed by atoms with Crippen molar-refractivity contribution in [3.8, 4) is 0 Å². The van der Waals surface area contributed by atoms with Gasteiger partial charge in [0.15, 0.2) is 0 Å². The number of amides is 1. The van der Waals surface area contributed by atoms with Gasteiger partial charge in [-0.05, 0) is 93.1 Å². The number of carbonyl (C=O) groups excluding carboxylic acids is 1. The van der Waals surface area contributed by atoms with Crippen LogP contribution >= 0.6 is 0 Å². The third-order valence-corrected chi connectivity index (χ3v) is 5.57. The molecule has 3 rings (SSSR count). The van der Waals surface area contributed by atoms with Crippen LogP contribution in [0, 0.1) is 12.7 Å². The number of carbonyl (C=O) groups is 1. The highest BCUT2D eigenvalue weighted by molar-refractivity contribution is 5.95. The monoisotopic (exact) mass is 381 g/mol. The Hall–Kier alpha value is -2.69. The largest absolute Gasteiger partial charge is 0.366 e. The summed E-state index contributed by atoms with van der Waals surface area (Å²) < 4.78 is 13.0. The maximum Gasteiger partial charge on any atom is 0.271 e. The molecule has 1 aliphatic heterocycles. The van der Waals surface area contributed by atoms with Crippen molar-refractivity contribution in [3.63, 3.8) is 0 Å². The lowest BCUT2D eigenvalue weighted by atomic mass is 9.79. The molecule has 0 unspecified atom stereocenters. The molecule has 0 bridgehead atoms. The summed E-state index contributed by atoms with van der Waals surface area (Å²) in [4.78, 5) is 14.6. The maximum absolute atomic E-state index is 13.0. The number of hydrogen-bond donors (Lipinski definition) is 1. The predicted octanol–water partition coefficient (Wildman–Crippen LogP) is 5.01. The van der Waals surface area contributed by atoms with Crippen molar-refractivity contribution in [2.24, 2.45) is 5.10 Å². The Morgan fingerprint density at radius 1 is 1.32 bits per heavy atom. The van der Waals surface area contributed by atoms with Crippen LogP contribution in [0.25, 0.3) is 0 Å². The van der Waals surface area contributed by atoms with E-state index < -0.39 is 0 Å². The molecule has 28 heavy (non-hydrogen) atoms. The molecular formula is C23H28FN3O. The summed E-state index contributed by atoms with van der Waals surface area (Å²) in [7, 11) is 0. The minimum absolute atomic E-state index is 0.131. The fraction of sp³-hybridized carbons (Fsp3) is 0.391. The van der Waals surface area contributed by atoms with Crippen LogP contribution in [0.1, 0.15) is 67.1 Å². The molecule has 4 nitrogen and oxygen atoms in total. The summed E-state index contributed by atoms with van der Waals surface area (Å²) in [5.41, 5.74) is 7.72. The Labute approximate surface area is 166 Å².